The molecule has 1 N–H and O–H groups in total. The van der Waals surface area contributed by atoms with E-state index >= 15 is 0 Å². The molecule has 116 valence electrons. The molecule has 2 aromatic rings. The number of aryl methyl sites for hydroxylation is 1. The summed E-state index contributed by atoms with van der Waals surface area (Å²) in [5, 5.41) is 8.76. The minimum atomic E-state index is -0.783. The van der Waals surface area contributed by atoms with Crippen LogP contribution in [0.25, 0.3) is 0 Å². The van der Waals surface area contributed by atoms with E-state index in [-0.39, 0.29) is 6.42 Å². The Hall–Kier alpha value is -2.49. The molecule has 0 amide bonds. The highest BCUT2D eigenvalue weighted by atomic mass is 16.5. The van der Waals surface area contributed by atoms with Gasteiger partial charge in [0.2, 0.25) is 0 Å². The summed E-state index contributed by atoms with van der Waals surface area (Å²) in [7, 11) is 0. The molecule has 0 spiro atoms. The lowest BCUT2D eigenvalue weighted by atomic mass is 10.1. The molecule has 22 heavy (non-hydrogen) atoms. The molecule has 0 heterocycles. The number of para-hydroxylation sites is 1. The third-order valence-corrected chi connectivity index (χ3v) is 3.15. The Balaban J connectivity index is 2.13. The van der Waals surface area contributed by atoms with E-state index in [4.69, 9.17) is 14.6 Å². The normalized spacial score (nSPS) is 10.2. The first-order valence-electron chi connectivity index (χ1n) is 7.39. The van der Waals surface area contributed by atoms with Crippen molar-refractivity contribution in [1.29, 1.82) is 0 Å². The fourth-order valence-corrected chi connectivity index (χ4v) is 2.17. The quantitative estimate of drug-likeness (QED) is 0.790. The smallest absolute Gasteiger partial charge is 0.303 e. The van der Waals surface area contributed by atoms with Gasteiger partial charge in [0.25, 0.3) is 0 Å². The van der Waals surface area contributed by atoms with Gasteiger partial charge in [-0.3, -0.25) is 4.79 Å². The number of aliphatic carboxylic acids is 1. The average Bonchev–Trinajstić information content (AvgIpc) is 2.50. The van der Waals surface area contributed by atoms with Gasteiger partial charge in [-0.15, -0.1) is 0 Å². The second-order valence-corrected chi connectivity index (χ2v) is 4.86. The van der Waals surface area contributed by atoms with Crippen molar-refractivity contribution in [1.82, 2.24) is 0 Å². The molecular weight excluding hydrogens is 280 g/mol. The van der Waals surface area contributed by atoms with Crippen molar-refractivity contribution in [2.45, 2.75) is 26.2 Å². The van der Waals surface area contributed by atoms with Gasteiger partial charge in [-0.05, 0) is 55.7 Å². The molecule has 0 aliphatic rings. The molecule has 4 nitrogen and oxygen atoms in total. The van der Waals surface area contributed by atoms with Gasteiger partial charge in [0.15, 0.2) is 0 Å². The maximum atomic E-state index is 10.7. The van der Waals surface area contributed by atoms with E-state index < -0.39 is 5.97 Å². The lowest BCUT2D eigenvalue weighted by Crippen LogP contribution is -2.00. The van der Waals surface area contributed by atoms with Crippen molar-refractivity contribution in [3.05, 3.63) is 54.1 Å². The number of carbonyl (C=O) groups is 1. The zero-order chi connectivity index (χ0) is 15.8. The Labute approximate surface area is 130 Å². The summed E-state index contributed by atoms with van der Waals surface area (Å²) in [6.45, 7) is 2.50. The van der Waals surface area contributed by atoms with Gasteiger partial charge in [-0.25, -0.2) is 0 Å². The van der Waals surface area contributed by atoms with E-state index in [2.05, 4.69) is 0 Å². The zero-order valence-electron chi connectivity index (χ0n) is 12.6. The van der Waals surface area contributed by atoms with E-state index in [1.807, 2.05) is 55.5 Å². The molecule has 0 unspecified atom stereocenters. The van der Waals surface area contributed by atoms with Crippen molar-refractivity contribution >= 4 is 5.97 Å². The molecule has 0 aliphatic heterocycles. The standard InChI is InChI=1S/C18H20O4/c1-2-21-17-12-11-16(22-15-8-4-3-5-9-15)13-14(17)7-6-10-18(19)20/h3-5,8-9,11-13H,2,6-7,10H2,1H3,(H,19,20). The highest BCUT2D eigenvalue weighted by Gasteiger charge is 2.08. The van der Waals surface area contributed by atoms with Gasteiger partial charge in [-0.2, -0.15) is 0 Å². The maximum absolute atomic E-state index is 10.7. The van der Waals surface area contributed by atoms with Crippen LogP contribution in [0.2, 0.25) is 0 Å². The van der Waals surface area contributed by atoms with E-state index in [1.165, 1.54) is 0 Å². The lowest BCUT2D eigenvalue weighted by molar-refractivity contribution is -0.137. The lowest BCUT2D eigenvalue weighted by Gasteiger charge is -2.12. The van der Waals surface area contributed by atoms with Gasteiger partial charge < -0.3 is 14.6 Å². The van der Waals surface area contributed by atoms with Crippen LogP contribution in [0.1, 0.15) is 25.3 Å². The van der Waals surface area contributed by atoms with Crippen LogP contribution in [0.4, 0.5) is 0 Å². The Bertz CT molecular complexity index is 608. The minimum Gasteiger partial charge on any atom is -0.494 e. The molecule has 4 heteroatoms. The van der Waals surface area contributed by atoms with Gasteiger partial charge >= 0.3 is 5.97 Å². The topological polar surface area (TPSA) is 55.8 Å². The highest BCUT2D eigenvalue weighted by molar-refractivity contribution is 5.66. The molecule has 0 saturated carbocycles. The summed E-state index contributed by atoms with van der Waals surface area (Å²) < 4.78 is 11.4. The Kier molecular flexibility index (Phi) is 5.83. The van der Waals surface area contributed by atoms with Gasteiger partial charge in [0.05, 0.1) is 6.61 Å². The molecule has 2 aromatic carbocycles. The van der Waals surface area contributed by atoms with Crippen LogP contribution >= 0.6 is 0 Å². The van der Waals surface area contributed by atoms with Crippen LogP contribution < -0.4 is 9.47 Å². The van der Waals surface area contributed by atoms with E-state index in [0.29, 0.717) is 19.4 Å². The summed E-state index contributed by atoms with van der Waals surface area (Å²) in [6, 6.07) is 15.2. The number of hydrogen-bond acceptors (Lipinski definition) is 3. The Morgan fingerprint density at radius 2 is 1.86 bits per heavy atom. The molecular formula is C18H20O4. The van der Waals surface area contributed by atoms with Gasteiger partial charge in [-0.1, -0.05) is 18.2 Å². The fraction of sp³-hybridized carbons (Fsp3) is 0.278. The zero-order valence-corrected chi connectivity index (χ0v) is 12.6. The second-order valence-electron chi connectivity index (χ2n) is 4.86. The predicted molar refractivity (Wildman–Crippen MR) is 84.7 cm³/mol. The van der Waals surface area contributed by atoms with Crippen molar-refractivity contribution in [2.75, 3.05) is 6.61 Å². The summed E-state index contributed by atoms with van der Waals surface area (Å²) in [5.74, 6) is 1.49. The Morgan fingerprint density at radius 3 is 2.55 bits per heavy atom. The fourth-order valence-electron chi connectivity index (χ4n) is 2.17. The highest BCUT2D eigenvalue weighted by Crippen LogP contribution is 2.29. The molecule has 0 bridgehead atoms. The van der Waals surface area contributed by atoms with Crippen LogP contribution in [0.3, 0.4) is 0 Å². The molecule has 0 saturated heterocycles. The second kappa shape index (κ2) is 8.08. The monoisotopic (exact) mass is 300 g/mol. The SMILES string of the molecule is CCOc1ccc(Oc2ccccc2)cc1CCCC(=O)O. The average molecular weight is 300 g/mol. The molecule has 0 aliphatic carbocycles. The van der Waals surface area contributed by atoms with Crippen molar-refractivity contribution in [2.24, 2.45) is 0 Å². The number of rotatable bonds is 8. The third kappa shape index (κ3) is 4.81. The Morgan fingerprint density at radius 1 is 1.09 bits per heavy atom. The van der Waals surface area contributed by atoms with Crippen molar-refractivity contribution < 1.29 is 19.4 Å². The van der Waals surface area contributed by atoms with Crippen molar-refractivity contribution in [3.63, 3.8) is 0 Å². The molecule has 0 atom stereocenters. The minimum absolute atomic E-state index is 0.148. The summed E-state index contributed by atoms with van der Waals surface area (Å²) >= 11 is 0. The first kappa shape index (κ1) is 15.9. The van der Waals surface area contributed by atoms with Crippen LogP contribution in [-0.2, 0) is 11.2 Å². The third-order valence-electron chi connectivity index (χ3n) is 3.15. The molecule has 2 rings (SSSR count). The maximum Gasteiger partial charge on any atom is 0.303 e. The van der Waals surface area contributed by atoms with Gasteiger partial charge in [0.1, 0.15) is 17.2 Å². The van der Waals surface area contributed by atoms with Crippen LogP contribution in [0.5, 0.6) is 17.2 Å². The number of benzene rings is 2. The van der Waals surface area contributed by atoms with Crippen LogP contribution in [-0.4, -0.2) is 17.7 Å². The van der Waals surface area contributed by atoms with Crippen LogP contribution in [0, 0.1) is 0 Å². The number of ether oxygens (including phenoxy) is 2. The van der Waals surface area contributed by atoms with Crippen molar-refractivity contribution in [3.8, 4) is 17.2 Å². The number of hydrogen-bond donors (Lipinski definition) is 1. The van der Waals surface area contributed by atoms with E-state index in [9.17, 15) is 4.79 Å². The molecule has 0 fully saturated rings. The molecule has 0 radical (unpaired) electrons. The summed E-state index contributed by atoms with van der Waals surface area (Å²) in [4.78, 5) is 10.7. The largest absolute Gasteiger partial charge is 0.494 e. The first-order valence-corrected chi connectivity index (χ1v) is 7.39. The first-order chi connectivity index (χ1) is 10.7. The molecule has 0 aromatic heterocycles. The number of carboxylic acids is 1. The summed E-state index contributed by atoms with van der Waals surface area (Å²) in [6.07, 6.45) is 1.37. The van der Waals surface area contributed by atoms with E-state index in [1.54, 1.807) is 0 Å². The van der Waals surface area contributed by atoms with E-state index in [0.717, 1.165) is 22.8 Å². The number of carboxylic acid groups (broad SMARTS) is 1. The van der Waals surface area contributed by atoms with Crippen LogP contribution in [0.15, 0.2) is 48.5 Å². The summed E-state index contributed by atoms with van der Waals surface area (Å²) in [5.41, 5.74) is 0.969. The van der Waals surface area contributed by atoms with Gasteiger partial charge in [0, 0.05) is 6.42 Å². The predicted octanol–water partition coefficient (Wildman–Crippen LogP) is 4.28.